The fourth-order valence-electron chi connectivity index (χ4n) is 3.37. The largest absolute Gasteiger partial charge is 0.489 e. The molecule has 5 nitrogen and oxygen atoms in total. The van der Waals surface area contributed by atoms with Crippen LogP contribution < -0.4 is 10.1 Å². The van der Waals surface area contributed by atoms with Crippen LogP contribution in [0.1, 0.15) is 64.0 Å². The molecule has 3 rings (SSSR count). The van der Waals surface area contributed by atoms with Crippen LogP contribution in [-0.2, 0) is 6.18 Å². The highest BCUT2D eigenvalue weighted by Crippen LogP contribution is 2.38. The lowest BCUT2D eigenvalue weighted by Gasteiger charge is -2.14. The number of benzene rings is 1. The molecular formula is C23H28F3N3O2. The minimum Gasteiger partial charge on any atom is -0.489 e. The number of hydrogen-bond acceptors (Lipinski definition) is 5. The topological polar surface area (TPSA) is 60.2 Å². The Kier molecular flexibility index (Phi) is 7.54. The summed E-state index contributed by atoms with van der Waals surface area (Å²) in [6.07, 6.45) is 2.98. The summed E-state index contributed by atoms with van der Waals surface area (Å²) in [7, 11) is 0. The molecule has 0 saturated carbocycles. The quantitative estimate of drug-likeness (QED) is 0.497. The van der Waals surface area contributed by atoms with Crippen LogP contribution >= 0.6 is 0 Å². The number of alkyl halides is 3. The van der Waals surface area contributed by atoms with E-state index in [9.17, 15) is 13.2 Å². The van der Waals surface area contributed by atoms with Crippen molar-refractivity contribution in [3.8, 4) is 17.1 Å². The molecule has 8 heteroatoms. The van der Waals surface area contributed by atoms with E-state index in [1.54, 1.807) is 0 Å². The normalized spacial score (nSPS) is 17.1. The Labute approximate surface area is 180 Å². The van der Waals surface area contributed by atoms with Gasteiger partial charge in [-0.2, -0.15) is 18.2 Å². The number of aromatic nitrogens is 2. The SMILES string of the molecule is CC(C)=CCC/C(C)=C/COc1ccc(-c2noc(C3CCCN3)n2)cc1C(F)(F)F. The van der Waals surface area contributed by atoms with Crippen molar-refractivity contribution in [2.45, 2.75) is 58.7 Å². The van der Waals surface area contributed by atoms with Crippen LogP contribution in [-0.4, -0.2) is 23.3 Å². The Morgan fingerprint density at radius 3 is 2.74 bits per heavy atom. The lowest BCUT2D eigenvalue weighted by atomic mass is 10.1. The van der Waals surface area contributed by atoms with Crippen LogP contribution in [0.25, 0.3) is 11.4 Å². The fraction of sp³-hybridized carbons (Fsp3) is 0.478. The summed E-state index contributed by atoms with van der Waals surface area (Å²) in [4.78, 5) is 4.28. The molecule has 0 aliphatic carbocycles. The number of allylic oxidation sites excluding steroid dienone is 3. The van der Waals surface area contributed by atoms with Crippen molar-refractivity contribution < 1.29 is 22.4 Å². The maximum atomic E-state index is 13.6. The molecule has 0 radical (unpaired) electrons. The van der Waals surface area contributed by atoms with Gasteiger partial charge in [0.05, 0.1) is 11.6 Å². The summed E-state index contributed by atoms with van der Waals surface area (Å²) in [5.41, 5.74) is 1.70. The van der Waals surface area contributed by atoms with E-state index in [1.807, 2.05) is 26.8 Å². The van der Waals surface area contributed by atoms with E-state index in [0.29, 0.717) is 5.89 Å². The molecule has 1 atom stereocenters. The van der Waals surface area contributed by atoms with E-state index in [2.05, 4.69) is 21.5 Å². The molecule has 168 valence electrons. The molecule has 31 heavy (non-hydrogen) atoms. The van der Waals surface area contributed by atoms with Crippen molar-refractivity contribution in [1.29, 1.82) is 0 Å². The summed E-state index contributed by atoms with van der Waals surface area (Å²) < 4.78 is 51.6. The van der Waals surface area contributed by atoms with E-state index in [1.165, 1.54) is 17.7 Å². The van der Waals surface area contributed by atoms with Crippen LogP contribution in [0.15, 0.2) is 46.0 Å². The van der Waals surface area contributed by atoms with Gasteiger partial charge in [0.15, 0.2) is 0 Å². The number of nitrogens with zero attached hydrogens (tertiary/aromatic N) is 2. The third kappa shape index (κ3) is 6.43. The molecule has 0 amide bonds. The molecule has 1 aliphatic heterocycles. The Balaban J connectivity index is 1.72. The molecule has 1 aliphatic rings. The van der Waals surface area contributed by atoms with Crippen molar-refractivity contribution in [2.24, 2.45) is 0 Å². The maximum absolute atomic E-state index is 13.6. The Morgan fingerprint density at radius 1 is 1.26 bits per heavy atom. The lowest BCUT2D eigenvalue weighted by Crippen LogP contribution is -2.13. The molecule has 1 saturated heterocycles. The van der Waals surface area contributed by atoms with Crippen LogP contribution in [0.2, 0.25) is 0 Å². The van der Waals surface area contributed by atoms with Gasteiger partial charge in [-0.05, 0) is 77.3 Å². The zero-order valence-corrected chi connectivity index (χ0v) is 18.1. The summed E-state index contributed by atoms with van der Waals surface area (Å²) in [5, 5.41) is 7.09. The van der Waals surface area contributed by atoms with Crippen molar-refractivity contribution >= 4 is 0 Å². The van der Waals surface area contributed by atoms with Crippen molar-refractivity contribution in [2.75, 3.05) is 13.2 Å². The predicted molar refractivity (Wildman–Crippen MR) is 113 cm³/mol. The number of hydrogen-bond donors (Lipinski definition) is 1. The number of halogens is 3. The van der Waals surface area contributed by atoms with E-state index in [4.69, 9.17) is 9.26 Å². The van der Waals surface area contributed by atoms with Crippen molar-refractivity contribution in [1.82, 2.24) is 15.5 Å². The zero-order chi connectivity index (χ0) is 22.4. The van der Waals surface area contributed by atoms with Crippen LogP contribution in [0.4, 0.5) is 13.2 Å². The van der Waals surface area contributed by atoms with Crippen molar-refractivity contribution in [3.05, 3.63) is 53.0 Å². The highest BCUT2D eigenvalue weighted by Gasteiger charge is 2.35. The second-order valence-corrected chi connectivity index (χ2v) is 8.00. The average molecular weight is 435 g/mol. The average Bonchev–Trinajstić information content (AvgIpc) is 3.39. The molecule has 1 unspecified atom stereocenters. The third-order valence-electron chi connectivity index (χ3n) is 5.11. The van der Waals surface area contributed by atoms with Crippen LogP contribution in [0, 0.1) is 0 Å². The van der Waals surface area contributed by atoms with Gasteiger partial charge >= 0.3 is 6.18 Å². The number of rotatable bonds is 8. The predicted octanol–water partition coefficient (Wildman–Crippen LogP) is 6.25. The second kappa shape index (κ2) is 10.1. The highest BCUT2D eigenvalue weighted by atomic mass is 19.4. The highest BCUT2D eigenvalue weighted by molar-refractivity contribution is 5.59. The number of nitrogens with one attached hydrogen (secondary N) is 1. The molecule has 2 aromatic rings. The molecule has 2 heterocycles. The Bertz CT molecular complexity index is 938. The Hall–Kier alpha value is -2.61. The van der Waals surface area contributed by atoms with Crippen molar-refractivity contribution in [3.63, 3.8) is 0 Å². The van der Waals surface area contributed by atoms with E-state index < -0.39 is 11.7 Å². The van der Waals surface area contributed by atoms with Gasteiger partial charge < -0.3 is 14.6 Å². The number of ether oxygens (including phenoxy) is 1. The van der Waals surface area contributed by atoms with E-state index in [-0.39, 0.29) is 29.8 Å². The molecular weight excluding hydrogens is 407 g/mol. The summed E-state index contributed by atoms with van der Waals surface area (Å²) in [5.74, 6) is 0.316. The van der Waals surface area contributed by atoms with Gasteiger partial charge in [-0.1, -0.05) is 22.4 Å². The molecule has 1 N–H and O–H groups in total. The van der Waals surface area contributed by atoms with E-state index >= 15 is 0 Å². The molecule has 1 aromatic heterocycles. The second-order valence-electron chi connectivity index (χ2n) is 8.00. The Morgan fingerprint density at radius 2 is 2.06 bits per heavy atom. The lowest BCUT2D eigenvalue weighted by molar-refractivity contribution is -0.138. The monoisotopic (exact) mass is 435 g/mol. The van der Waals surface area contributed by atoms with Gasteiger partial charge in [0, 0.05) is 5.56 Å². The first-order valence-corrected chi connectivity index (χ1v) is 10.4. The first-order chi connectivity index (χ1) is 14.7. The first-order valence-electron chi connectivity index (χ1n) is 10.4. The molecule has 0 bridgehead atoms. The summed E-state index contributed by atoms with van der Waals surface area (Å²) in [6, 6.07) is 3.80. The van der Waals surface area contributed by atoms with Gasteiger partial charge in [-0.15, -0.1) is 0 Å². The van der Waals surface area contributed by atoms with Crippen LogP contribution in [0.3, 0.4) is 0 Å². The minimum atomic E-state index is -4.56. The summed E-state index contributed by atoms with van der Waals surface area (Å²) >= 11 is 0. The smallest absolute Gasteiger partial charge is 0.419 e. The van der Waals surface area contributed by atoms with Crippen LogP contribution in [0.5, 0.6) is 5.75 Å². The molecule has 1 aromatic carbocycles. The molecule has 0 spiro atoms. The minimum absolute atomic E-state index is 0.0438. The van der Waals surface area contributed by atoms with Gasteiger partial charge in [0.25, 0.3) is 0 Å². The standard InChI is InChI=1S/C23H28F3N3O2/c1-15(2)6-4-7-16(3)11-13-30-20-10-9-17(14-18(20)23(24,25)26)21-28-22(31-29-21)19-8-5-12-27-19/h6,9-11,14,19,27H,4-5,7-8,12-13H2,1-3H3/b16-11+. The zero-order valence-electron chi connectivity index (χ0n) is 18.1. The van der Waals surface area contributed by atoms with Gasteiger partial charge in [-0.25, -0.2) is 0 Å². The third-order valence-corrected chi connectivity index (χ3v) is 5.11. The van der Waals surface area contributed by atoms with Gasteiger partial charge in [0.2, 0.25) is 11.7 Å². The van der Waals surface area contributed by atoms with E-state index in [0.717, 1.165) is 43.9 Å². The maximum Gasteiger partial charge on any atom is 0.419 e. The molecule has 1 fully saturated rings. The fourth-order valence-corrected chi connectivity index (χ4v) is 3.37. The van der Waals surface area contributed by atoms with Gasteiger partial charge in [0.1, 0.15) is 12.4 Å². The van der Waals surface area contributed by atoms with Gasteiger partial charge in [-0.3, -0.25) is 0 Å². The first kappa shape index (κ1) is 23.1. The summed E-state index contributed by atoms with van der Waals surface area (Å²) in [6.45, 7) is 6.94.